The molecule has 0 N–H and O–H groups in total. The van der Waals surface area contributed by atoms with Gasteiger partial charge in [-0.25, -0.2) is 0 Å². The van der Waals surface area contributed by atoms with E-state index >= 15 is 0 Å². The number of hydrogen-bond acceptors (Lipinski definition) is 4. The number of aryl methyl sites for hydroxylation is 2. The highest BCUT2D eigenvalue weighted by Crippen LogP contribution is 2.74. The fraction of sp³-hybridized carbons (Fsp3) is 0.759. The van der Waals surface area contributed by atoms with Crippen LogP contribution < -0.4 is 0 Å². The number of unbranched alkanes of at least 4 members (excludes halogenated alkanes) is 1. The maximum absolute atomic E-state index is 12.9. The third kappa shape index (κ3) is 6.26. The van der Waals surface area contributed by atoms with Crippen molar-refractivity contribution in [2.45, 2.75) is 209 Å². The van der Waals surface area contributed by atoms with Crippen LogP contribution >= 0.6 is 0 Å². The zero-order valence-corrected chi connectivity index (χ0v) is 42.1. The van der Waals surface area contributed by atoms with Crippen molar-refractivity contribution in [1.82, 2.24) is 9.13 Å². The maximum Gasteiger partial charge on any atom is 0.302 e. The van der Waals surface area contributed by atoms with Gasteiger partial charge in [-0.05, 0) is 167 Å². The Morgan fingerprint density at radius 3 is 1.30 bits per heavy atom. The van der Waals surface area contributed by atoms with Crippen molar-refractivity contribution in [2.75, 3.05) is 0 Å². The number of esters is 2. The number of nitrogens with zero attached hydrogens (tertiary/aromatic N) is 2. The highest BCUT2D eigenvalue weighted by Gasteiger charge is 2.69. The van der Waals surface area contributed by atoms with E-state index in [9.17, 15) is 9.59 Å². The largest absolute Gasteiger partial charge is 0.462 e. The molecular weight excluding hydrogens is 789 g/mol. The molecule has 2 aromatic heterocycles. The maximum atomic E-state index is 12.9. The summed E-state index contributed by atoms with van der Waals surface area (Å²) in [5, 5.41) is 0. The van der Waals surface area contributed by atoms with Crippen LogP contribution in [0.3, 0.4) is 0 Å². The van der Waals surface area contributed by atoms with Gasteiger partial charge in [-0.3, -0.25) is 9.59 Å². The fourth-order valence-corrected chi connectivity index (χ4v) is 19.6. The summed E-state index contributed by atoms with van der Waals surface area (Å²) in [6.07, 6.45) is 36.2. The second-order valence-corrected chi connectivity index (χ2v) is 26.3. The number of carbonyl (C=O) groups excluding carboxylic acids is 2. The molecule has 2 aromatic rings. The Bertz CT molecular complexity index is 2100. The summed E-state index contributed by atoms with van der Waals surface area (Å²) in [4.78, 5) is 25.9. The Hall–Kier alpha value is -3.02. The lowest BCUT2D eigenvalue weighted by atomic mass is 9.36. The van der Waals surface area contributed by atoms with Crippen LogP contribution in [0.4, 0.5) is 0 Å². The number of hydrogen-bond donors (Lipinski definition) is 0. The molecule has 6 fully saturated rings. The first-order valence-corrected chi connectivity index (χ1v) is 26.1. The van der Waals surface area contributed by atoms with Crippen molar-refractivity contribution in [3.8, 4) is 0 Å². The normalized spacial score (nSPS) is 44.4. The van der Waals surface area contributed by atoms with Crippen LogP contribution in [-0.4, -0.2) is 33.3 Å². The van der Waals surface area contributed by atoms with Crippen LogP contribution in [0.5, 0.6) is 0 Å². The zero-order valence-electron chi connectivity index (χ0n) is 42.1. The molecule has 14 atom stereocenters. The Morgan fingerprint density at radius 2 is 0.922 bits per heavy atom. The summed E-state index contributed by atoms with van der Waals surface area (Å²) in [6.45, 7) is 30.6. The molecule has 350 valence electrons. The summed E-state index contributed by atoms with van der Waals surface area (Å²) in [7, 11) is 0. The van der Waals surface area contributed by atoms with E-state index in [1.807, 2.05) is 0 Å². The smallest absolute Gasteiger partial charge is 0.302 e. The van der Waals surface area contributed by atoms with Gasteiger partial charge in [-0.1, -0.05) is 106 Å². The Balaban J connectivity index is 0.863. The van der Waals surface area contributed by atoms with E-state index in [0.717, 1.165) is 38.8 Å². The first-order valence-electron chi connectivity index (χ1n) is 26.1. The second kappa shape index (κ2) is 14.7. The minimum Gasteiger partial charge on any atom is -0.462 e. The topological polar surface area (TPSA) is 62.5 Å². The molecule has 14 unspecified atom stereocenters. The first-order chi connectivity index (χ1) is 30.0. The highest BCUT2D eigenvalue weighted by atomic mass is 16.5. The number of aromatic nitrogens is 2. The van der Waals surface area contributed by atoms with Gasteiger partial charge in [0, 0.05) is 62.6 Å². The van der Waals surface area contributed by atoms with Crippen molar-refractivity contribution in [3.63, 3.8) is 0 Å². The van der Waals surface area contributed by atoms with E-state index in [-0.39, 0.29) is 56.6 Å². The van der Waals surface area contributed by atoms with Gasteiger partial charge in [0.25, 0.3) is 0 Å². The molecule has 2 heterocycles. The van der Waals surface area contributed by atoms with E-state index in [0.29, 0.717) is 46.3 Å². The molecule has 0 spiro atoms. The Labute approximate surface area is 387 Å². The summed E-state index contributed by atoms with van der Waals surface area (Å²) < 4.78 is 17.9. The van der Waals surface area contributed by atoms with Crippen LogP contribution in [-0.2, 0) is 43.0 Å². The molecule has 8 aliphatic carbocycles. The first kappa shape index (κ1) is 44.8. The lowest BCUT2D eigenvalue weighted by molar-refractivity contribution is -0.205. The molecule has 0 bridgehead atoms. The van der Waals surface area contributed by atoms with Crippen molar-refractivity contribution >= 4 is 24.1 Å². The minimum absolute atomic E-state index is 0.140. The van der Waals surface area contributed by atoms with Crippen LogP contribution in [0.25, 0.3) is 12.2 Å². The van der Waals surface area contributed by atoms with Gasteiger partial charge in [-0.15, -0.1) is 0 Å². The molecule has 6 saturated carbocycles. The molecule has 64 heavy (non-hydrogen) atoms. The predicted molar refractivity (Wildman–Crippen MR) is 258 cm³/mol. The third-order valence-electron chi connectivity index (χ3n) is 22.2. The molecule has 10 rings (SSSR count). The van der Waals surface area contributed by atoms with E-state index < -0.39 is 0 Å². The van der Waals surface area contributed by atoms with Crippen molar-refractivity contribution in [1.29, 1.82) is 0 Å². The average Bonchev–Trinajstić information content (AvgIpc) is 3.82. The van der Waals surface area contributed by atoms with Gasteiger partial charge in [0.15, 0.2) is 0 Å². The second-order valence-electron chi connectivity index (χ2n) is 26.3. The predicted octanol–water partition coefficient (Wildman–Crippen LogP) is 13.7. The number of ether oxygens (including phenoxy) is 2. The monoisotopic (exact) mass is 873 g/mol. The lowest BCUT2D eigenvalue weighted by Crippen LogP contribution is -2.66. The summed E-state index contributed by atoms with van der Waals surface area (Å²) in [5.41, 5.74) is 6.34. The van der Waals surface area contributed by atoms with E-state index in [2.05, 4.69) is 127 Å². The SMILES string of the molecule is CC(=O)OC1CC2C3(C)CCCC(C)(C)C3CCC2(C)C2C=Cc3cn(CCCCn4cc5c(c4)C4(C)C(OC(C)=O)CC6C7(C)CCCC(C)(C)C7CCC6(C)C4C=C5)cc3C12C. The molecule has 0 radical (unpaired) electrons. The third-order valence-corrected chi connectivity index (χ3v) is 22.2. The zero-order chi connectivity index (χ0) is 45.6. The Kier molecular flexibility index (Phi) is 10.3. The summed E-state index contributed by atoms with van der Waals surface area (Å²) in [5.74, 6) is 2.82. The van der Waals surface area contributed by atoms with E-state index in [1.165, 1.54) is 86.5 Å². The van der Waals surface area contributed by atoms with Crippen LogP contribution in [0.15, 0.2) is 36.9 Å². The highest BCUT2D eigenvalue weighted by molar-refractivity contribution is 5.68. The average molecular weight is 873 g/mol. The number of carbonyl (C=O) groups is 2. The quantitative estimate of drug-likeness (QED) is 0.205. The molecule has 0 aliphatic heterocycles. The Morgan fingerprint density at radius 1 is 0.531 bits per heavy atom. The van der Waals surface area contributed by atoms with Crippen molar-refractivity contribution in [3.05, 3.63) is 59.2 Å². The number of allylic oxidation sites excluding steroid dienone is 2. The van der Waals surface area contributed by atoms with Gasteiger partial charge in [0.1, 0.15) is 12.2 Å². The molecule has 6 heteroatoms. The molecular formula is C58H84N2O4. The summed E-state index contributed by atoms with van der Waals surface area (Å²) >= 11 is 0. The van der Waals surface area contributed by atoms with Crippen LogP contribution in [0, 0.1) is 68.0 Å². The molecule has 0 saturated heterocycles. The van der Waals surface area contributed by atoms with Crippen molar-refractivity contribution in [2.24, 2.45) is 68.0 Å². The van der Waals surface area contributed by atoms with Gasteiger partial charge < -0.3 is 18.6 Å². The number of fused-ring (bicyclic) bond motifs is 14. The van der Waals surface area contributed by atoms with E-state index in [4.69, 9.17) is 9.47 Å². The van der Waals surface area contributed by atoms with Gasteiger partial charge >= 0.3 is 11.9 Å². The summed E-state index contributed by atoms with van der Waals surface area (Å²) in [6, 6.07) is 0. The molecule has 8 aliphatic rings. The van der Waals surface area contributed by atoms with Gasteiger partial charge in [0.2, 0.25) is 0 Å². The molecule has 0 aromatic carbocycles. The van der Waals surface area contributed by atoms with Gasteiger partial charge in [0.05, 0.1) is 0 Å². The lowest BCUT2D eigenvalue weighted by Gasteiger charge is -2.69. The fourth-order valence-electron chi connectivity index (χ4n) is 19.6. The van der Waals surface area contributed by atoms with Crippen molar-refractivity contribution < 1.29 is 19.1 Å². The van der Waals surface area contributed by atoms with Gasteiger partial charge in [-0.2, -0.15) is 0 Å². The molecule has 0 amide bonds. The minimum atomic E-state index is -0.268. The molecule has 6 nitrogen and oxygen atoms in total. The number of rotatable bonds is 7. The van der Waals surface area contributed by atoms with Crippen LogP contribution in [0.2, 0.25) is 0 Å². The van der Waals surface area contributed by atoms with E-state index in [1.54, 1.807) is 13.8 Å². The van der Waals surface area contributed by atoms with Crippen LogP contribution in [0.1, 0.15) is 195 Å². The standard InChI is InChI=1S/C58H84N2O4/c1-37(61)63-49-31-47-53(7)25-15-23-51(3,4)43(53)21-27-55(47,9)45-19-17-39-33-59(35-41(39)57(45,49)11)29-13-14-30-60-34-40-18-20-46-56(10)28-22-44-52(5,6)24-16-26-54(44,8)48(56)32-50(64-38(2)62)58(46,12)42(40)36-60/h17-20,33-36,43-50H,13-16,21-32H2,1-12H3.